The lowest BCUT2D eigenvalue weighted by Crippen LogP contribution is -2.28. The Morgan fingerprint density at radius 2 is 2.06 bits per heavy atom. The van der Waals surface area contributed by atoms with Crippen LogP contribution in [0.1, 0.15) is 12.5 Å². The maximum Gasteiger partial charge on any atom is 0.108 e. The second-order valence-electron chi connectivity index (χ2n) is 4.02. The molecule has 86 valence electrons. The molecule has 2 atom stereocenters. The van der Waals surface area contributed by atoms with Gasteiger partial charge in [0.15, 0.2) is 0 Å². The molecule has 1 rings (SSSR count). The van der Waals surface area contributed by atoms with Crippen molar-refractivity contribution >= 4 is 0 Å². The van der Waals surface area contributed by atoms with Crippen molar-refractivity contribution in [1.29, 1.82) is 0 Å². The fraction of sp³-hybridized carbons (Fsp3) is 0.429. The average molecular weight is 219 g/mol. The predicted molar refractivity (Wildman–Crippen MR) is 65.9 cm³/mol. The largest absolute Gasteiger partial charge is 0.306 e. The zero-order chi connectivity index (χ0) is 11.8. The molecule has 0 radical (unpaired) electrons. The van der Waals surface area contributed by atoms with Gasteiger partial charge in [0.25, 0.3) is 0 Å². The third-order valence-corrected chi connectivity index (χ3v) is 2.58. The summed E-state index contributed by atoms with van der Waals surface area (Å²) < 4.78 is 13.8. The number of hydrogen-bond acceptors (Lipinski definition) is 1. The van der Waals surface area contributed by atoms with Gasteiger partial charge in [0.2, 0.25) is 0 Å². The van der Waals surface area contributed by atoms with Crippen molar-refractivity contribution in [3.05, 3.63) is 35.9 Å². The van der Waals surface area contributed by atoms with Crippen LogP contribution in [0.15, 0.2) is 30.3 Å². The Balaban J connectivity index is 2.34. The summed E-state index contributed by atoms with van der Waals surface area (Å²) in [6.07, 6.45) is 4.75. The first kappa shape index (κ1) is 12.7. The molecule has 0 aromatic heterocycles. The highest BCUT2D eigenvalue weighted by molar-refractivity contribution is 5.15. The van der Waals surface area contributed by atoms with Gasteiger partial charge in [0.05, 0.1) is 6.54 Å². The number of benzene rings is 1. The van der Waals surface area contributed by atoms with Crippen LogP contribution in [-0.4, -0.2) is 19.3 Å². The Morgan fingerprint density at radius 3 is 2.69 bits per heavy atom. The van der Waals surface area contributed by atoms with E-state index in [2.05, 4.69) is 11.2 Å². The number of hydrogen-bond donors (Lipinski definition) is 1. The Kier molecular flexibility index (Phi) is 5.60. The van der Waals surface area contributed by atoms with Crippen molar-refractivity contribution in [2.24, 2.45) is 5.92 Å². The summed E-state index contributed by atoms with van der Waals surface area (Å²) in [6, 6.07) is 9.71. The second kappa shape index (κ2) is 7.03. The molecule has 0 aliphatic carbocycles. The van der Waals surface area contributed by atoms with E-state index in [1.54, 1.807) is 0 Å². The maximum atomic E-state index is 13.8. The third-order valence-electron chi connectivity index (χ3n) is 2.58. The van der Waals surface area contributed by atoms with Crippen molar-refractivity contribution in [3.8, 4) is 12.3 Å². The highest BCUT2D eigenvalue weighted by atomic mass is 19.1. The summed E-state index contributed by atoms with van der Waals surface area (Å²) in [5.41, 5.74) is 1.04. The summed E-state index contributed by atoms with van der Waals surface area (Å²) in [6.45, 7) is 3.03. The van der Waals surface area contributed by atoms with E-state index in [1.807, 2.05) is 37.3 Å². The molecule has 16 heavy (non-hydrogen) atoms. The van der Waals surface area contributed by atoms with Crippen LogP contribution in [0.3, 0.4) is 0 Å². The lowest BCUT2D eigenvalue weighted by molar-refractivity contribution is 0.236. The molecule has 0 saturated carbocycles. The molecule has 0 amide bonds. The third kappa shape index (κ3) is 4.46. The summed E-state index contributed by atoms with van der Waals surface area (Å²) >= 11 is 0. The number of terminal acetylenes is 1. The predicted octanol–water partition coefficient (Wildman–Crippen LogP) is 2.43. The molecule has 0 aliphatic rings. The minimum atomic E-state index is -0.826. The maximum absolute atomic E-state index is 13.8. The van der Waals surface area contributed by atoms with E-state index in [-0.39, 0.29) is 5.92 Å². The Hall–Kier alpha value is -1.33. The van der Waals surface area contributed by atoms with E-state index in [4.69, 9.17) is 6.42 Å². The SMILES string of the molecule is C#CCNCC(C)C(F)Cc1ccccc1. The minimum Gasteiger partial charge on any atom is -0.306 e. The Bertz CT molecular complexity index is 328. The van der Waals surface area contributed by atoms with E-state index in [1.165, 1.54) is 0 Å². The van der Waals surface area contributed by atoms with E-state index in [0.717, 1.165) is 5.56 Å². The lowest BCUT2D eigenvalue weighted by Gasteiger charge is -2.16. The van der Waals surface area contributed by atoms with Gasteiger partial charge in [-0.3, -0.25) is 0 Å². The zero-order valence-electron chi connectivity index (χ0n) is 9.62. The molecule has 0 saturated heterocycles. The molecule has 0 bridgehead atoms. The average Bonchev–Trinajstić information content (AvgIpc) is 2.30. The van der Waals surface area contributed by atoms with E-state index in [0.29, 0.717) is 19.5 Å². The van der Waals surface area contributed by atoms with Crippen LogP contribution in [0.2, 0.25) is 0 Å². The van der Waals surface area contributed by atoms with Crippen molar-refractivity contribution in [2.45, 2.75) is 19.5 Å². The monoisotopic (exact) mass is 219 g/mol. The highest BCUT2D eigenvalue weighted by Crippen LogP contribution is 2.13. The smallest absolute Gasteiger partial charge is 0.108 e. The molecule has 0 fully saturated rings. The molecule has 0 aliphatic heterocycles. The zero-order valence-corrected chi connectivity index (χ0v) is 9.62. The van der Waals surface area contributed by atoms with Gasteiger partial charge < -0.3 is 5.32 Å². The molecule has 0 heterocycles. The molecular weight excluding hydrogens is 201 g/mol. The minimum absolute atomic E-state index is 0.0199. The van der Waals surface area contributed by atoms with Gasteiger partial charge in [-0.2, -0.15) is 0 Å². The van der Waals surface area contributed by atoms with Crippen LogP contribution in [-0.2, 0) is 6.42 Å². The van der Waals surface area contributed by atoms with Crippen LogP contribution >= 0.6 is 0 Å². The van der Waals surface area contributed by atoms with Crippen LogP contribution in [0.4, 0.5) is 4.39 Å². The summed E-state index contributed by atoms with van der Waals surface area (Å²) in [4.78, 5) is 0. The first-order valence-electron chi connectivity index (χ1n) is 5.56. The van der Waals surface area contributed by atoms with Crippen molar-refractivity contribution in [2.75, 3.05) is 13.1 Å². The van der Waals surface area contributed by atoms with Gasteiger partial charge in [-0.1, -0.05) is 43.2 Å². The van der Waals surface area contributed by atoms with Crippen LogP contribution in [0.5, 0.6) is 0 Å². The van der Waals surface area contributed by atoms with Crippen LogP contribution in [0, 0.1) is 18.3 Å². The molecule has 1 N–H and O–H groups in total. The fourth-order valence-electron chi connectivity index (χ4n) is 1.54. The fourth-order valence-corrected chi connectivity index (χ4v) is 1.54. The molecule has 1 aromatic rings. The summed E-state index contributed by atoms with van der Waals surface area (Å²) in [7, 11) is 0. The Labute approximate surface area is 97.1 Å². The van der Waals surface area contributed by atoms with E-state index in [9.17, 15) is 4.39 Å². The second-order valence-corrected chi connectivity index (χ2v) is 4.02. The topological polar surface area (TPSA) is 12.0 Å². The molecule has 1 aromatic carbocycles. The molecular formula is C14H18FN. The summed E-state index contributed by atoms with van der Waals surface area (Å²) in [5, 5.41) is 3.03. The van der Waals surface area contributed by atoms with Gasteiger partial charge >= 0.3 is 0 Å². The number of rotatable bonds is 6. The van der Waals surface area contributed by atoms with Crippen molar-refractivity contribution in [1.82, 2.24) is 5.32 Å². The Morgan fingerprint density at radius 1 is 1.38 bits per heavy atom. The van der Waals surface area contributed by atoms with Crippen molar-refractivity contribution < 1.29 is 4.39 Å². The summed E-state index contributed by atoms with van der Waals surface area (Å²) in [5.74, 6) is 2.46. The number of alkyl halides is 1. The van der Waals surface area contributed by atoms with Gasteiger partial charge in [-0.25, -0.2) is 4.39 Å². The molecule has 2 unspecified atom stereocenters. The molecule has 1 nitrogen and oxygen atoms in total. The van der Waals surface area contributed by atoms with Gasteiger partial charge in [-0.05, 0) is 5.56 Å². The van der Waals surface area contributed by atoms with Gasteiger partial charge in [0, 0.05) is 18.9 Å². The van der Waals surface area contributed by atoms with E-state index >= 15 is 0 Å². The van der Waals surface area contributed by atoms with Gasteiger partial charge in [0.1, 0.15) is 6.17 Å². The normalized spacial score (nSPS) is 14.1. The van der Waals surface area contributed by atoms with Crippen LogP contribution in [0.25, 0.3) is 0 Å². The van der Waals surface area contributed by atoms with Gasteiger partial charge in [-0.15, -0.1) is 6.42 Å². The standard InChI is InChI=1S/C14H18FN/c1-3-9-16-11-12(2)14(15)10-13-7-5-4-6-8-13/h1,4-8,12,14,16H,9-11H2,2H3. The lowest BCUT2D eigenvalue weighted by atomic mass is 9.99. The molecule has 2 heteroatoms. The van der Waals surface area contributed by atoms with Crippen molar-refractivity contribution in [3.63, 3.8) is 0 Å². The first-order chi connectivity index (χ1) is 7.74. The van der Waals surface area contributed by atoms with E-state index < -0.39 is 6.17 Å². The molecule has 0 spiro atoms. The highest BCUT2D eigenvalue weighted by Gasteiger charge is 2.15. The quantitative estimate of drug-likeness (QED) is 0.572. The number of nitrogens with one attached hydrogen (secondary N) is 1. The first-order valence-corrected chi connectivity index (χ1v) is 5.56. The van der Waals surface area contributed by atoms with Crippen LogP contribution < -0.4 is 5.32 Å². The number of halogens is 1.